The second-order valence-electron chi connectivity index (χ2n) is 4.32. The zero-order chi connectivity index (χ0) is 13.4. The van der Waals surface area contributed by atoms with Gasteiger partial charge in [-0.15, -0.1) is 0 Å². The molecule has 1 saturated heterocycles. The van der Waals surface area contributed by atoms with Crippen LogP contribution in [0.25, 0.3) is 10.2 Å². The molecule has 1 aliphatic heterocycles. The number of aromatic nitrogens is 1. The maximum absolute atomic E-state index is 11.9. The highest BCUT2D eigenvalue weighted by Gasteiger charge is 2.32. The van der Waals surface area contributed by atoms with Gasteiger partial charge in [0.05, 0.1) is 16.1 Å². The molecular weight excluding hydrogens is 328 g/mol. The molecule has 0 unspecified atom stereocenters. The van der Waals surface area contributed by atoms with Gasteiger partial charge < -0.3 is 10.2 Å². The monoisotopic (exact) mass is 336 g/mol. The predicted octanol–water partition coefficient (Wildman–Crippen LogP) is 2.41. The largest absolute Gasteiger partial charge is 0.309 e. The van der Waals surface area contributed by atoms with E-state index in [0.29, 0.717) is 18.2 Å². The van der Waals surface area contributed by atoms with Gasteiger partial charge in [-0.05, 0) is 18.2 Å². The van der Waals surface area contributed by atoms with Gasteiger partial charge in [-0.25, -0.2) is 4.98 Å². The van der Waals surface area contributed by atoms with E-state index in [9.17, 15) is 4.79 Å². The number of nitrogens with one attached hydrogen (secondary N) is 1. The molecule has 2 aromatic rings. The summed E-state index contributed by atoms with van der Waals surface area (Å²) < 4.78 is 2.02. The summed E-state index contributed by atoms with van der Waals surface area (Å²) in [6, 6.07) is 5.81. The summed E-state index contributed by atoms with van der Waals surface area (Å²) in [5.74, 6) is -0.178. The molecular formula is C12H9BrN4OS. The van der Waals surface area contributed by atoms with Gasteiger partial charge in [0.2, 0.25) is 5.91 Å². The molecule has 0 spiro atoms. The molecule has 1 N–H and O–H groups in total. The molecule has 7 heteroatoms. The van der Waals surface area contributed by atoms with Gasteiger partial charge in [0.1, 0.15) is 0 Å². The Bertz CT molecular complexity index is 687. The van der Waals surface area contributed by atoms with Crippen LogP contribution in [0.1, 0.15) is 0 Å². The summed E-state index contributed by atoms with van der Waals surface area (Å²) >= 11 is 4.85. The fourth-order valence-corrected chi connectivity index (χ4v) is 3.31. The lowest BCUT2D eigenvalue weighted by Gasteiger charge is -2.33. The first-order chi connectivity index (χ1) is 9.15. The quantitative estimate of drug-likeness (QED) is 0.855. The number of halogens is 1. The number of carbonyl (C=O) groups excluding carboxylic acids is 1. The van der Waals surface area contributed by atoms with E-state index in [4.69, 9.17) is 5.26 Å². The second-order valence-corrected chi connectivity index (χ2v) is 6.27. The minimum Gasteiger partial charge on any atom is -0.309 e. The topological polar surface area (TPSA) is 69.0 Å². The lowest BCUT2D eigenvalue weighted by molar-refractivity contribution is -0.123. The maximum Gasteiger partial charge on any atom is 0.232 e. The standard InChI is InChI=1S/C12H9BrN4OS/c13-8-1-2-9-10(3-8)19-12(15-9)16-11(18)7-4-17(5-7)6-14/h1-3,7H,4-5H2,(H,15,16,18). The Morgan fingerprint density at radius 3 is 3.11 bits per heavy atom. The van der Waals surface area contributed by atoms with Crippen molar-refractivity contribution in [1.82, 2.24) is 9.88 Å². The molecule has 0 aliphatic carbocycles. The molecule has 2 heterocycles. The highest BCUT2D eigenvalue weighted by molar-refractivity contribution is 9.10. The van der Waals surface area contributed by atoms with Crippen molar-refractivity contribution in [2.75, 3.05) is 18.4 Å². The molecule has 1 fully saturated rings. The first-order valence-electron chi connectivity index (χ1n) is 5.67. The highest BCUT2D eigenvalue weighted by Crippen LogP contribution is 2.29. The molecule has 1 aromatic carbocycles. The van der Waals surface area contributed by atoms with E-state index < -0.39 is 0 Å². The summed E-state index contributed by atoms with van der Waals surface area (Å²) in [5, 5.41) is 12.0. The summed E-state index contributed by atoms with van der Waals surface area (Å²) in [6.07, 6.45) is 2.01. The normalized spacial score (nSPS) is 15.1. The number of hydrogen-bond donors (Lipinski definition) is 1. The van der Waals surface area contributed by atoms with Crippen molar-refractivity contribution in [2.24, 2.45) is 5.92 Å². The molecule has 3 rings (SSSR count). The third-order valence-electron chi connectivity index (χ3n) is 2.97. The first-order valence-corrected chi connectivity index (χ1v) is 7.28. The molecule has 19 heavy (non-hydrogen) atoms. The maximum atomic E-state index is 11.9. The van der Waals surface area contributed by atoms with Gasteiger partial charge >= 0.3 is 0 Å². The van der Waals surface area contributed by atoms with Crippen molar-refractivity contribution in [2.45, 2.75) is 0 Å². The Hall–Kier alpha value is -1.65. The van der Waals surface area contributed by atoms with Gasteiger partial charge in [0, 0.05) is 17.6 Å². The summed E-state index contributed by atoms with van der Waals surface area (Å²) in [4.78, 5) is 17.8. The number of rotatable bonds is 2. The Morgan fingerprint density at radius 2 is 2.37 bits per heavy atom. The average Bonchev–Trinajstić information content (AvgIpc) is 2.68. The number of hydrogen-bond acceptors (Lipinski definition) is 5. The first kappa shape index (κ1) is 12.4. The number of amides is 1. The average molecular weight is 337 g/mol. The molecule has 96 valence electrons. The van der Waals surface area contributed by atoms with E-state index in [1.54, 1.807) is 4.90 Å². The van der Waals surface area contributed by atoms with E-state index in [-0.39, 0.29) is 11.8 Å². The van der Waals surface area contributed by atoms with Gasteiger partial charge in [-0.3, -0.25) is 4.79 Å². The van der Waals surface area contributed by atoms with Gasteiger partial charge in [0.15, 0.2) is 11.3 Å². The molecule has 1 aliphatic rings. The molecule has 0 bridgehead atoms. The number of nitrogens with zero attached hydrogens (tertiary/aromatic N) is 3. The number of anilines is 1. The Kier molecular flexibility index (Phi) is 3.12. The number of fused-ring (bicyclic) bond motifs is 1. The Morgan fingerprint density at radius 1 is 1.58 bits per heavy atom. The SMILES string of the molecule is N#CN1CC(C(=O)Nc2nc3ccc(Br)cc3s2)C1. The third-order valence-corrected chi connectivity index (χ3v) is 4.40. The van der Waals surface area contributed by atoms with E-state index in [0.717, 1.165) is 14.7 Å². The summed E-state index contributed by atoms with van der Waals surface area (Å²) in [6.45, 7) is 0.998. The third kappa shape index (κ3) is 2.41. The molecule has 0 radical (unpaired) electrons. The number of nitriles is 1. The van der Waals surface area contributed by atoms with Crippen molar-refractivity contribution in [1.29, 1.82) is 5.26 Å². The zero-order valence-corrected chi connectivity index (χ0v) is 12.2. The van der Waals surface area contributed by atoms with Crippen molar-refractivity contribution in [3.05, 3.63) is 22.7 Å². The Balaban J connectivity index is 1.72. The number of thiazole rings is 1. The molecule has 1 amide bonds. The molecule has 0 atom stereocenters. The van der Waals surface area contributed by atoms with Crippen LogP contribution in [0.4, 0.5) is 5.13 Å². The van der Waals surface area contributed by atoms with Crippen LogP contribution in [0.15, 0.2) is 22.7 Å². The van der Waals surface area contributed by atoms with Crippen LogP contribution in [0, 0.1) is 17.4 Å². The van der Waals surface area contributed by atoms with Gasteiger partial charge in [-0.2, -0.15) is 5.26 Å². The number of carbonyl (C=O) groups is 1. The summed E-state index contributed by atoms with van der Waals surface area (Å²) in [7, 11) is 0. The predicted molar refractivity (Wildman–Crippen MR) is 76.6 cm³/mol. The number of likely N-dealkylation sites (tertiary alicyclic amines) is 1. The zero-order valence-electron chi connectivity index (χ0n) is 9.76. The van der Waals surface area contributed by atoms with E-state index in [2.05, 4.69) is 26.2 Å². The number of benzene rings is 1. The smallest absolute Gasteiger partial charge is 0.232 e. The lowest BCUT2D eigenvalue weighted by atomic mass is 10.0. The molecule has 5 nitrogen and oxygen atoms in total. The van der Waals surface area contributed by atoms with Crippen LogP contribution in [-0.2, 0) is 4.79 Å². The van der Waals surface area contributed by atoms with Crippen LogP contribution in [0.2, 0.25) is 0 Å². The highest BCUT2D eigenvalue weighted by atomic mass is 79.9. The van der Waals surface area contributed by atoms with Crippen LogP contribution in [0.5, 0.6) is 0 Å². The van der Waals surface area contributed by atoms with E-state index in [1.807, 2.05) is 24.4 Å². The van der Waals surface area contributed by atoms with Crippen LogP contribution >= 0.6 is 27.3 Å². The van der Waals surface area contributed by atoms with Crippen molar-refractivity contribution in [3.8, 4) is 6.19 Å². The Labute approximate surface area is 122 Å². The minimum absolute atomic E-state index is 0.0652. The van der Waals surface area contributed by atoms with Gasteiger partial charge in [-0.1, -0.05) is 27.3 Å². The van der Waals surface area contributed by atoms with E-state index in [1.165, 1.54) is 11.3 Å². The fraction of sp³-hybridized carbons (Fsp3) is 0.250. The van der Waals surface area contributed by atoms with Crippen LogP contribution < -0.4 is 5.32 Å². The van der Waals surface area contributed by atoms with Crippen molar-refractivity contribution >= 4 is 48.5 Å². The van der Waals surface area contributed by atoms with Crippen molar-refractivity contribution < 1.29 is 4.79 Å². The fourth-order valence-electron chi connectivity index (χ4n) is 1.89. The van der Waals surface area contributed by atoms with Crippen LogP contribution in [-0.4, -0.2) is 28.9 Å². The summed E-state index contributed by atoms with van der Waals surface area (Å²) in [5.41, 5.74) is 0.871. The molecule has 0 saturated carbocycles. The molecule has 1 aromatic heterocycles. The van der Waals surface area contributed by atoms with E-state index >= 15 is 0 Å². The second kappa shape index (κ2) is 4.79. The van der Waals surface area contributed by atoms with Crippen LogP contribution in [0.3, 0.4) is 0 Å². The van der Waals surface area contributed by atoms with Crippen molar-refractivity contribution in [3.63, 3.8) is 0 Å². The van der Waals surface area contributed by atoms with Gasteiger partial charge in [0.25, 0.3) is 0 Å². The lowest BCUT2D eigenvalue weighted by Crippen LogP contribution is -2.49. The minimum atomic E-state index is -0.113.